The molecule has 3 N–H and O–H groups in total. The zero-order chi connectivity index (χ0) is 19.9. The van der Waals surface area contributed by atoms with Gasteiger partial charge in [0.1, 0.15) is 13.2 Å². The summed E-state index contributed by atoms with van der Waals surface area (Å²) in [5.41, 5.74) is 7.27. The van der Waals surface area contributed by atoms with E-state index >= 15 is 0 Å². The monoisotopic (exact) mass is 376 g/mol. The van der Waals surface area contributed by atoms with Crippen LogP contribution in [0.3, 0.4) is 0 Å². The van der Waals surface area contributed by atoms with E-state index in [0.29, 0.717) is 35.3 Å². The Hall–Kier alpha value is -3.50. The number of aromatic nitrogens is 3. The van der Waals surface area contributed by atoms with Gasteiger partial charge in [-0.25, -0.2) is 15.0 Å². The minimum atomic E-state index is -1.63. The number of nitrogens with two attached hydrogens (primary N) is 1. The molecule has 3 heterocycles. The maximum atomic E-state index is 12.0. The van der Waals surface area contributed by atoms with Crippen molar-refractivity contribution in [1.29, 1.82) is 0 Å². The predicted octanol–water partition coefficient (Wildman–Crippen LogP) is 1.85. The highest BCUT2D eigenvalue weighted by Gasteiger charge is 2.42. The number of likely N-dealkylation sites (N-methyl/N-ethyl adjacent to an activating group) is 1. The average Bonchev–Trinajstić information content (AvgIpc) is 2.94. The van der Waals surface area contributed by atoms with Gasteiger partial charge in [0, 0.05) is 31.1 Å². The Kier molecular flexibility index (Phi) is 4.63. The van der Waals surface area contributed by atoms with E-state index in [-0.39, 0.29) is 25.5 Å². The number of fused-ring (bicyclic) bond motifs is 1. The van der Waals surface area contributed by atoms with Crippen molar-refractivity contribution in [2.24, 2.45) is 0 Å². The van der Waals surface area contributed by atoms with Gasteiger partial charge in [0.15, 0.2) is 5.82 Å². The van der Waals surface area contributed by atoms with Crippen LogP contribution >= 0.6 is 0 Å². The molecule has 0 unspecified atom stereocenters. The number of pyridine rings is 1. The average molecular weight is 376 g/mol. The maximum Gasteiger partial charge on any atom is 0.267 e. The smallest absolute Gasteiger partial charge is 0.267 e. The van der Waals surface area contributed by atoms with E-state index in [2.05, 4.69) is 26.8 Å². The second-order valence-electron chi connectivity index (χ2n) is 6.44. The molecule has 2 aromatic heterocycles. The lowest BCUT2D eigenvalue weighted by Crippen LogP contribution is -2.37. The normalized spacial score (nSPS) is 19.0. The lowest BCUT2D eigenvalue weighted by Gasteiger charge is -2.13. The molecule has 7 heteroatoms. The number of amides is 1. The molecule has 1 amide bonds. The van der Waals surface area contributed by atoms with Gasteiger partial charge in [0.05, 0.1) is 11.2 Å². The van der Waals surface area contributed by atoms with Crippen LogP contribution in [-0.2, 0) is 4.79 Å². The van der Waals surface area contributed by atoms with Crippen molar-refractivity contribution >= 4 is 22.8 Å². The zero-order valence-electron chi connectivity index (χ0n) is 15.6. The van der Waals surface area contributed by atoms with Crippen molar-refractivity contribution in [3.63, 3.8) is 0 Å². The molecule has 0 aliphatic carbocycles. The summed E-state index contributed by atoms with van der Waals surface area (Å²) in [6.45, 7) is 0.481. The molecule has 3 aromatic rings. The molecule has 1 saturated heterocycles. The van der Waals surface area contributed by atoms with Gasteiger partial charge in [0.2, 0.25) is 5.60 Å². The standard InChI is InChI=1S/C20H17N5O2.CH4/c1-25-10-9-20(27,19(25)26)8-7-13-3-2-4-14(11-13)15-5-6-16-17(24-15)18(21)23-12-22-16;/h2-6,11-12,27H,9-10H2,1H3,(H2,21,22,23);1H4/t20-;/m1./s1/i12D;. The molecule has 1 aromatic carbocycles. The molecule has 4 rings (SSSR count). The van der Waals surface area contributed by atoms with Gasteiger partial charge in [0.25, 0.3) is 5.91 Å². The molecule has 142 valence electrons. The van der Waals surface area contributed by atoms with Crippen LogP contribution in [0, 0.1) is 11.8 Å². The molecule has 0 spiro atoms. The minimum Gasteiger partial charge on any atom is -0.382 e. The second kappa shape index (κ2) is 7.25. The van der Waals surface area contributed by atoms with Crippen molar-refractivity contribution in [1.82, 2.24) is 19.9 Å². The van der Waals surface area contributed by atoms with Crippen molar-refractivity contribution < 1.29 is 11.3 Å². The Morgan fingerprint density at radius 2 is 2.14 bits per heavy atom. The fourth-order valence-electron chi connectivity index (χ4n) is 2.98. The number of carbonyl (C=O) groups excluding carboxylic acids is 1. The quantitative estimate of drug-likeness (QED) is 0.628. The van der Waals surface area contributed by atoms with Crippen molar-refractivity contribution in [2.45, 2.75) is 19.4 Å². The topological polar surface area (TPSA) is 105 Å². The Balaban J connectivity index is 0.00000240. The van der Waals surface area contributed by atoms with E-state index in [9.17, 15) is 9.90 Å². The first-order chi connectivity index (χ1) is 13.4. The van der Waals surface area contributed by atoms with E-state index in [1.165, 1.54) is 4.90 Å². The summed E-state index contributed by atoms with van der Waals surface area (Å²) in [6, 6.07) is 10.8. The summed E-state index contributed by atoms with van der Waals surface area (Å²) in [5, 5.41) is 10.4. The molecule has 0 saturated carbocycles. The summed E-state index contributed by atoms with van der Waals surface area (Å²) < 4.78 is 7.53. The van der Waals surface area contributed by atoms with Crippen LogP contribution in [0.2, 0.25) is 0 Å². The number of rotatable bonds is 1. The van der Waals surface area contributed by atoms with Crippen molar-refractivity contribution in [2.75, 3.05) is 19.3 Å². The van der Waals surface area contributed by atoms with E-state index < -0.39 is 5.60 Å². The number of nitrogen functional groups attached to an aromatic ring is 1. The van der Waals surface area contributed by atoms with Crippen LogP contribution in [0.15, 0.2) is 42.7 Å². The first-order valence-electron chi connectivity index (χ1n) is 8.88. The highest BCUT2D eigenvalue weighted by atomic mass is 16.3. The molecule has 1 aliphatic rings. The van der Waals surface area contributed by atoms with Crippen LogP contribution in [-0.4, -0.2) is 50.1 Å². The molecule has 1 fully saturated rings. The largest absolute Gasteiger partial charge is 0.382 e. The number of carbonyl (C=O) groups is 1. The van der Waals surface area contributed by atoms with Gasteiger partial charge < -0.3 is 15.7 Å². The molecule has 0 bridgehead atoms. The molecular formula is C21H21N5O2. The number of hydrogen-bond donors (Lipinski definition) is 2. The first kappa shape index (κ1) is 17.9. The number of aliphatic hydroxyl groups is 1. The number of hydrogen-bond acceptors (Lipinski definition) is 6. The zero-order valence-corrected chi connectivity index (χ0v) is 14.6. The van der Waals surface area contributed by atoms with Crippen LogP contribution < -0.4 is 5.73 Å². The summed E-state index contributed by atoms with van der Waals surface area (Å²) >= 11 is 0. The third kappa shape index (κ3) is 3.38. The van der Waals surface area contributed by atoms with E-state index in [1.54, 1.807) is 25.2 Å². The lowest BCUT2D eigenvalue weighted by molar-refractivity contribution is -0.137. The summed E-state index contributed by atoms with van der Waals surface area (Å²) in [4.78, 5) is 25.9. The highest BCUT2D eigenvalue weighted by Crippen LogP contribution is 2.24. The fraction of sp³-hybridized carbons (Fsp3) is 0.238. The van der Waals surface area contributed by atoms with Gasteiger partial charge in [-0.15, -0.1) is 0 Å². The second-order valence-corrected chi connectivity index (χ2v) is 6.44. The van der Waals surface area contributed by atoms with Crippen molar-refractivity contribution in [3.05, 3.63) is 48.3 Å². The third-order valence-electron chi connectivity index (χ3n) is 4.54. The van der Waals surface area contributed by atoms with E-state index in [1.807, 2.05) is 18.2 Å². The lowest BCUT2D eigenvalue weighted by atomic mass is 10.0. The Morgan fingerprint density at radius 1 is 1.32 bits per heavy atom. The Bertz CT molecular complexity index is 1170. The van der Waals surface area contributed by atoms with Crippen LogP contribution in [0.4, 0.5) is 5.82 Å². The number of nitrogens with zero attached hydrogens (tertiary/aromatic N) is 4. The minimum absolute atomic E-state index is 0. The number of benzene rings is 1. The molecule has 1 atom stereocenters. The van der Waals surface area contributed by atoms with Crippen LogP contribution in [0.1, 0.15) is 20.8 Å². The Morgan fingerprint density at radius 3 is 2.89 bits per heavy atom. The molecule has 28 heavy (non-hydrogen) atoms. The number of anilines is 1. The van der Waals surface area contributed by atoms with Gasteiger partial charge >= 0.3 is 0 Å². The third-order valence-corrected chi connectivity index (χ3v) is 4.54. The first-order valence-corrected chi connectivity index (χ1v) is 8.38. The van der Waals surface area contributed by atoms with E-state index in [0.717, 1.165) is 5.56 Å². The molecule has 7 nitrogen and oxygen atoms in total. The van der Waals surface area contributed by atoms with Gasteiger partial charge in [-0.1, -0.05) is 31.4 Å². The molecule has 0 radical (unpaired) electrons. The summed E-state index contributed by atoms with van der Waals surface area (Å²) in [6.07, 6.45) is 0.139. The summed E-state index contributed by atoms with van der Waals surface area (Å²) in [5.74, 6) is 5.38. The summed E-state index contributed by atoms with van der Waals surface area (Å²) in [7, 11) is 1.65. The van der Waals surface area contributed by atoms with Gasteiger partial charge in [-0.3, -0.25) is 4.79 Å². The van der Waals surface area contributed by atoms with Crippen molar-refractivity contribution in [3.8, 4) is 23.1 Å². The Labute approximate surface area is 164 Å². The SMILES string of the molecule is C.[2H]c1nc(N)c2nc(-c3cccc(C#C[C@@]4(O)CCN(C)C4=O)c3)ccc2n1. The van der Waals surface area contributed by atoms with Gasteiger partial charge in [-0.2, -0.15) is 0 Å². The van der Waals surface area contributed by atoms with Gasteiger partial charge in [-0.05, 0) is 24.3 Å². The number of likely N-dealkylation sites (tertiary alicyclic amines) is 1. The fourth-order valence-corrected chi connectivity index (χ4v) is 2.98. The van der Waals surface area contributed by atoms with Crippen LogP contribution in [0.25, 0.3) is 22.3 Å². The predicted molar refractivity (Wildman–Crippen MR) is 108 cm³/mol. The molecule has 1 aliphatic heterocycles. The maximum absolute atomic E-state index is 12.0. The van der Waals surface area contributed by atoms with Crippen LogP contribution in [0.5, 0.6) is 0 Å². The van der Waals surface area contributed by atoms with E-state index in [4.69, 9.17) is 7.10 Å². The highest BCUT2D eigenvalue weighted by molar-refractivity contribution is 5.90. The molecular weight excluding hydrogens is 354 g/mol.